The summed E-state index contributed by atoms with van der Waals surface area (Å²) in [6.45, 7) is 2.68. The molecular weight excluding hydrogens is 424 g/mol. The molecule has 1 aliphatic rings. The molecule has 1 fully saturated rings. The topological polar surface area (TPSA) is 58.6 Å². The third kappa shape index (κ3) is 4.91. The Morgan fingerprint density at radius 1 is 0.676 bits per heavy atom. The van der Waals surface area contributed by atoms with Gasteiger partial charge in [0, 0.05) is 32.2 Å². The number of carbonyl (C=O) groups excluding carboxylic acids is 1. The van der Waals surface area contributed by atoms with E-state index < -0.39 is 0 Å². The zero-order valence-corrected chi connectivity index (χ0v) is 18.8. The molecule has 0 unspecified atom stereocenters. The van der Waals surface area contributed by atoms with Gasteiger partial charge in [0.2, 0.25) is 11.8 Å². The first-order valence-electron chi connectivity index (χ1n) is 11.5. The fraction of sp³-hybridized carbons (Fsp3) is 0.179. The number of benzene rings is 3. The van der Waals surface area contributed by atoms with Crippen molar-refractivity contribution in [3.8, 4) is 11.6 Å². The highest BCUT2D eigenvalue weighted by atomic mass is 16.5. The highest BCUT2D eigenvalue weighted by molar-refractivity contribution is 5.87. The Labute approximate surface area is 199 Å². The largest absolute Gasteiger partial charge is 0.438 e. The Kier molecular flexibility index (Phi) is 6.47. The first-order chi connectivity index (χ1) is 16.8. The first-order valence-corrected chi connectivity index (χ1v) is 11.5. The standard InChI is InChI=1S/C28H26N4O2/c33-28(27(22-10-4-1-5-11-22)23-12-6-2-7-13-23)32-20-18-31(19-21-32)25-16-17-26(30-29-25)34-24-14-8-3-9-15-24/h1-17,27H,18-21H2. The Morgan fingerprint density at radius 3 is 1.76 bits per heavy atom. The van der Waals surface area contributed by atoms with Crippen molar-refractivity contribution in [2.45, 2.75) is 5.92 Å². The molecule has 0 N–H and O–H groups in total. The van der Waals surface area contributed by atoms with Gasteiger partial charge in [-0.25, -0.2) is 0 Å². The van der Waals surface area contributed by atoms with Crippen LogP contribution in [0.1, 0.15) is 17.0 Å². The zero-order chi connectivity index (χ0) is 23.2. The lowest BCUT2D eigenvalue weighted by atomic mass is 9.90. The minimum Gasteiger partial charge on any atom is -0.438 e. The summed E-state index contributed by atoms with van der Waals surface area (Å²) in [6, 6.07) is 33.3. The number of nitrogens with zero attached hydrogens (tertiary/aromatic N) is 4. The van der Waals surface area contributed by atoms with Gasteiger partial charge < -0.3 is 14.5 Å². The Bertz CT molecular complexity index is 1150. The van der Waals surface area contributed by atoms with E-state index in [0.29, 0.717) is 32.1 Å². The molecule has 4 aromatic rings. The van der Waals surface area contributed by atoms with Crippen molar-refractivity contribution in [1.29, 1.82) is 0 Å². The Balaban J connectivity index is 1.25. The number of hydrogen-bond donors (Lipinski definition) is 0. The van der Waals surface area contributed by atoms with E-state index in [2.05, 4.69) is 15.1 Å². The number of piperazine rings is 1. The molecule has 3 aromatic carbocycles. The van der Waals surface area contributed by atoms with E-state index in [1.165, 1.54) is 0 Å². The second-order valence-electron chi connectivity index (χ2n) is 8.21. The molecule has 0 radical (unpaired) electrons. The van der Waals surface area contributed by atoms with Gasteiger partial charge in [-0.2, -0.15) is 0 Å². The van der Waals surface area contributed by atoms with Crippen LogP contribution in [0.3, 0.4) is 0 Å². The van der Waals surface area contributed by atoms with Gasteiger partial charge in [0.1, 0.15) is 5.75 Å². The van der Waals surface area contributed by atoms with Crippen LogP contribution in [0.5, 0.6) is 11.6 Å². The maximum Gasteiger partial charge on any atom is 0.238 e. The number of para-hydroxylation sites is 1. The van der Waals surface area contributed by atoms with E-state index >= 15 is 0 Å². The van der Waals surface area contributed by atoms with E-state index in [1.807, 2.05) is 108 Å². The van der Waals surface area contributed by atoms with Crippen molar-refractivity contribution >= 4 is 11.7 Å². The zero-order valence-electron chi connectivity index (χ0n) is 18.8. The van der Waals surface area contributed by atoms with Crippen LogP contribution < -0.4 is 9.64 Å². The van der Waals surface area contributed by atoms with E-state index in [1.54, 1.807) is 0 Å². The molecule has 0 saturated carbocycles. The number of ether oxygens (including phenoxy) is 1. The fourth-order valence-corrected chi connectivity index (χ4v) is 4.25. The number of rotatable bonds is 6. The molecule has 1 aromatic heterocycles. The number of hydrogen-bond acceptors (Lipinski definition) is 5. The smallest absolute Gasteiger partial charge is 0.238 e. The molecule has 1 saturated heterocycles. The van der Waals surface area contributed by atoms with Crippen LogP contribution in [-0.2, 0) is 4.79 Å². The van der Waals surface area contributed by atoms with Crippen LogP contribution in [0.4, 0.5) is 5.82 Å². The molecule has 0 spiro atoms. The van der Waals surface area contributed by atoms with Gasteiger partial charge in [-0.15, -0.1) is 10.2 Å². The van der Waals surface area contributed by atoms with Gasteiger partial charge in [-0.3, -0.25) is 4.79 Å². The SMILES string of the molecule is O=C(C(c1ccccc1)c1ccccc1)N1CCN(c2ccc(Oc3ccccc3)nn2)CC1. The summed E-state index contributed by atoms with van der Waals surface area (Å²) >= 11 is 0. The summed E-state index contributed by atoms with van der Waals surface area (Å²) in [5, 5.41) is 8.56. The molecule has 34 heavy (non-hydrogen) atoms. The summed E-state index contributed by atoms with van der Waals surface area (Å²) in [5.41, 5.74) is 2.03. The predicted molar refractivity (Wildman–Crippen MR) is 132 cm³/mol. The molecule has 6 heteroatoms. The molecule has 5 rings (SSSR count). The second-order valence-corrected chi connectivity index (χ2v) is 8.21. The predicted octanol–water partition coefficient (Wildman–Crippen LogP) is 4.75. The molecule has 2 heterocycles. The summed E-state index contributed by atoms with van der Waals surface area (Å²) in [4.78, 5) is 17.7. The normalized spacial score (nSPS) is 13.7. The Hall–Kier alpha value is -4.19. The van der Waals surface area contributed by atoms with Gasteiger partial charge in [0.15, 0.2) is 5.82 Å². The Morgan fingerprint density at radius 2 is 1.24 bits per heavy atom. The maximum absolute atomic E-state index is 13.6. The molecule has 6 nitrogen and oxygen atoms in total. The fourth-order valence-electron chi connectivity index (χ4n) is 4.25. The molecule has 1 amide bonds. The average Bonchev–Trinajstić information content (AvgIpc) is 2.91. The third-order valence-corrected chi connectivity index (χ3v) is 6.02. The minimum absolute atomic E-state index is 0.134. The molecule has 0 atom stereocenters. The maximum atomic E-state index is 13.6. The monoisotopic (exact) mass is 450 g/mol. The summed E-state index contributed by atoms with van der Waals surface area (Å²) in [7, 11) is 0. The van der Waals surface area contributed by atoms with E-state index in [9.17, 15) is 4.79 Å². The average molecular weight is 451 g/mol. The van der Waals surface area contributed by atoms with Crippen LogP contribution in [-0.4, -0.2) is 47.2 Å². The van der Waals surface area contributed by atoms with Gasteiger partial charge in [0.25, 0.3) is 0 Å². The third-order valence-electron chi connectivity index (χ3n) is 6.02. The van der Waals surface area contributed by atoms with E-state index in [4.69, 9.17) is 4.74 Å². The number of aromatic nitrogens is 2. The lowest BCUT2D eigenvalue weighted by molar-refractivity contribution is -0.132. The van der Waals surface area contributed by atoms with Crippen molar-refractivity contribution < 1.29 is 9.53 Å². The van der Waals surface area contributed by atoms with Crippen LogP contribution in [0.2, 0.25) is 0 Å². The van der Waals surface area contributed by atoms with E-state index in [0.717, 1.165) is 22.7 Å². The summed E-state index contributed by atoms with van der Waals surface area (Å²) in [5.74, 6) is 1.80. The van der Waals surface area contributed by atoms with Crippen LogP contribution in [0, 0.1) is 0 Å². The molecule has 0 aliphatic carbocycles. The second kappa shape index (κ2) is 10.2. The van der Waals surface area contributed by atoms with Gasteiger partial charge >= 0.3 is 0 Å². The van der Waals surface area contributed by atoms with Gasteiger partial charge in [0.05, 0.1) is 5.92 Å². The van der Waals surface area contributed by atoms with E-state index in [-0.39, 0.29) is 11.8 Å². The summed E-state index contributed by atoms with van der Waals surface area (Å²) < 4.78 is 5.73. The van der Waals surface area contributed by atoms with Crippen molar-refractivity contribution in [2.24, 2.45) is 0 Å². The molecule has 1 aliphatic heterocycles. The van der Waals surface area contributed by atoms with Crippen LogP contribution in [0.15, 0.2) is 103 Å². The minimum atomic E-state index is -0.303. The molecule has 0 bridgehead atoms. The molecule has 170 valence electrons. The van der Waals surface area contributed by atoms with Crippen molar-refractivity contribution in [3.05, 3.63) is 114 Å². The highest BCUT2D eigenvalue weighted by Crippen LogP contribution is 2.28. The van der Waals surface area contributed by atoms with Crippen molar-refractivity contribution in [1.82, 2.24) is 15.1 Å². The lowest BCUT2D eigenvalue weighted by Gasteiger charge is -2.37. The quantitative estimate of drug-likeness (QED) is 0.424. The van der Waals surface area contributed by atoms with Gasteiger partial charge in [-0.05, 0) is 29.3 Å². The van der Waals surface area contributed by atoms with Crippen molar-refractivity contribution in [2.75, 3.05) is 31.1 Å². The highest BCUT2D eigenvalue weighted by Gasteiger charge is 2.30. The van der Waals surface area contributed by atoms with Crippen LogP contribution >= 0.6 is 0 Å². The number of carbonyl (C=O) groups is 1. The lowest BCUT2D eigenvalue weighted by Crippen LogP contribution is -2.50. The number of amides is 1. The first kappa shape index (κ1) is 21.6. The van der Waals surface area contributed by atoms with Crippen molar-refractivity contribution in [3.63, 3.8) is 0 Å². The van der Waals surface area contributed by atoms with Crippen LogP contribution in [0.25, 0.3) is 0 Å². The number of anilines is 1. The molecular formula is C28H26N4O2. The van der Waals surface area contributed by atoms with Gasteiger partial charge in [-0.1, -0.05) is 78.9 Å². The summed E-state index contributed by atoms with van der Waals surface area (Å²) in [6.07, 6.45) is 0.